The maximum atomic E-state index is 13.5. The van der Waals surface area contributed by atoms with E-state index < -0.39 is 24.4 Å². The van der Waals surface area contributed by atoms with Gasteiger partial charge in [0.25, 0.3) is 5.91 Å². The highest BCUT2D eigenvalue weighted by Crippen LogP contribution is 2.19. The van der Waals surface area contributed by atoms with Crippen molar-refractivity contribution in [2.75, 3.05) is 5.32 Å². The number of carbonyl (C=O) groups excluding carboxylic acids is 1. The molecule has 1 aromatic heterocycles. The highest BCUT2D eigenvalue weighted by Gasteiger charge is 2.28. The Kier molecular flexibility index (Phi) is 4.31. The molecule has 1 N–H and O–H groups in total. The van der Waals surface area contributed by atoms with Crippen molar-refractivity contribution in [3.63, 3.8) is 0 Å². The van der Waals surface area contributed by atoms with E-state index in [1.165, 1.54) is 12.1 Å². The van der Waals surface area contributed by atoms with E-state index in [4.69, 9.17) is 0 Å². The second-order valence-corrected chi connectivity index (χ2v) is 5.04. The van der Waals surface area contributed by atoms with Crippen LogP contribution in [0.5, 0.6) is 0 Å². The summed E-state index contributed by atoms with van der Waals surface area (Å²) in [7, 11) is 0. The number of amides is 1. The molecule has 1 heterocycles. The van der Waals surface area contributed by atoms with Gasteiger partial charge in [0, 0.05) is 10.7 Å². The Morgan fingerprint density at radius 2 is 2.10 bits per heavy atom. The third-order valence-corrected chi connectivity index (χ3v) is 2.90. The molecule has 2 rings (SSSR count). The summed E-state index contributed by atoms with van der Waals surface area (Å²) in [5, 5.41) is 5.75. The molecule has 1 amide bonds. The lowest BCUT2D eigenvalue weighted by Crippen LogP contribution is -2.18. The van der Waals surface area contributed by atoms with Crippen molar-refractivity contribution >= 4 is 27.5 Å². The van der Waals surface area contributed by atoms with E-state index in [0.29, 0.717) is 9.15 Å². The molecule has 9 heteroatoms. The zero-order valence-electron chi connectivity index (χ0n) is 10.3. The van der Waals surface area contributed by atoms with Gasteiger partial charge in [-0.3, -0.25) is 9.48 Å². The van der Waals surface area contributed by atoms with Crippen LogP contribution in [0, 0.1) is 5.82 Å². The van der Waals surface area contributed by atoms with Crippen LogP contribution in [0.1, 0.15) is 10.4 Å². The lowest BCUT2D eigenvalue weighted by molar-refractivity contribution is -0.142. The molecule has 112 valence electrons. The number of benzene rings is 1. The van der Waals surface area contributed by atoms with Gasteiger partial charge in [-0.2, -0.15) is 18.3 Å². The van der Waals surface area contributed by atoms with Gasteiger partial charge in [-0.25, -0.2) is 4.39 Å². The molecule has 4 nitrogen and oxygen atoms in total. The minimum atomic E-state index is -4.41. The number of alkyl halides is 3. The standard InChI is InChI=1S/C12H8BrF4N3O/c13-7-1-2-10(14)9(3-7)11(21)19-8-4-18-20(5-8)6-12(15,16)17/h1-5H,6H2,(H,19,21). The average molecular weight is 366 g/mol. The molecule has 0 bridgehead atoms. The SMILES string of the molecule is O=C(Nc1cnn(CC(F)(F)F)c1)c1cc(Br)ccc1F. The van der Waals surface area contributed by atoms with Gasteiger partial charge in [0.2, 0.25) is 0 Å². The van der Waals surface area contributed by atoms with Crippen LogP contribution in [0.2, 0.25) is 0 Å². The molecule has 0 unspecified atom stereocenters. The molecule has 0 saturated heterocycles. The van der Waals surface area contributed by atoms with E-state index in [0.717, 1.165) is 18.5 Å². The quantitative estimate of drug-likeness (QED) is 0.844. The topological polar surface area (TPSA) is 46.9 Å². The molecular weight excluding hydrogens is 358 g/mol. The molecule has 0 radical (unpaired) electrons. The third kappa shape index (κ3) is 4.28. The van der Waals surface area contributed by atoms with Crippen LogP contribution in [0.25, 0.3) is 0 Å². The summed E-state index contributed by atoms with van der Waals surface area (Å²) in [5.74, 6) is -1.52. The van der Waals surface area contributed by atoms with Gasteiger partial charge in [-0.15, -0.1) is 0 Å². The summed E-state index contributed by atoms with van der Waals surface area (Å²) in [6.07, 6.45) is -2.34. The monoisotopic (exact) mass is 365 g/mol. The number of nitrogens with one attached hydrogen (secondary N) is 1. The summed E-state index contributed by atoms with van der Waals surface area (Å²) in [6.45, 7) is -1.27. The van der Waals surface area contributed by atoms with Crippen LogP contribution in [0.15, 0.2) is 35.1 Å². The third-order valence-electron chi connectivity index (χ3n) is 2.41. The highest BCUT2D eigenvalue weighted by atomic mass is 79.9. The Balaban J connectivity index is 2.11. The van der Waals surface area contributed by atoms with E-state index >= 15 is 0 Å². The number of aromatic nitrogens is 2. The molecule has 1 aromatic carbocycles. The average Bonchev–Trinajstić information content (AvgIpc) is 2.77. The maximum absolute atomic E-state index is 13.5. The van der Waals surface area contributed by atoms with E-state index in [-0.39, 0.29) is 11.3 Å². The second kappa shape index (κ2) is 5.84. The van der Waals surface area contributed by atoms with Gasteiger partial charge in [0.15, 0.2) is 0 Å². The number of nitrogens with zero attached hydrogens (tertiary/aromatic N) is 2. The van der Waals surface area contributed by atoms with Gasteiger partial charge in [-0.1, -0.05) is 15.9 Å². The Labute approximate surface area is 124 Å². The first-order valence-electron chi connectivity index (χ1n) is 5.60. The van der Waals surface area contributed by atoms with Crippen LogP contribution in [0.4, 0.5) is 23.2 Å². The second-order valence-electron chi connectivity index (χ2n) is 4.12. The first-order valence-corrected chi connectivity index (χ1v) is 6.39. The fourth-order valence-corrected chi connectivity index (χ4v) is 1.93. The lowest BCUT2D eigenvalue weighted by Gasteiger charge is -2.06. The van der Waals surface area contributed by atoms with Gasteiger partial charge < -0.3 is 5.32 Å². The van der Waals surface area contributed by atoms with E-state index in [2.05, 4.69) is 26.3 Å². The van der Waals surface area contributed by atoms with Crippen molar-refractivity contribution in [3.05, 3.63) is 46.4 Å². The fraction of sp³-hybridized carbons (Fsp3) is 0.167. The van der Waals surface area contributed by atoms with Gasteiger partial charge in [0.05, 0.1) is 17.4 Å². The Morgan fingerprint density at radius 3 is 2.76 bits per heavy atom. The molecule has 0 aliphatic carbocycles. The maximum Gasteiger partial charge on any atom is 0.408 e. The van der Waals surface area contributed by atoms with Crippen LogP contribution >= 0.6 is 15.9 Å². The van der Waals surface area contributed by atoms with Gasteiger partial charge >= 0.3 is 6.18 Å². The molecule has 0 saturated carbocycles. The fourth-order valence-electron chi connectivity index (χ4n) is 1.57. The predicted octanol–water partition coefficient (Wildman–Crippen LogP) is 3.60. The van der Waals surface area contributed by atoms with Crippen LogP contribution < -0.4 is 5.32 Å². The van der Waals surface area contributed by atoms with E-state index in [9.17, 15) is 22.4 Å². The van der Waals surface area contributed by atoms with Gasteiger partial charge in [0.1, 0.15) is 12.4 Å². The normalized spacial score (nSPS) is 11.5. The van der Waals surface area contributed by atoms with Crippen molar-refractivity contribution in [1.29, 1.82) is 0 Å². The first kappa shape index (κ1) is 15.5. The number of carbonyl (C=O) groups is 1. The number of anilines is 1. The van der Waals surface area contributed by atoms with Crippen molar-refractivity contribution in [3.8, 4) is 0 Å². The lowest BCUT2D eigenvalue weighted by atomic mass is 10.2. The van der Waals surface area contributed by atoms with Gasteiger partial charge in [-0.05, 0) is 18.2 Å². The number of hydrogen-bond acceptors (Lipinski definition) is 2. The first-order chi connectivity index (χ1) is 9.74. The highest BCUT2D eigenvalue weighted by molar-refractivity contribution is 9.10. The van der Waals surface area contributed by atoms with E-state index in [1.807, 2.05) is 0 Å². The summed E-state index contributed by atoms with van der Waals surface area (Å²) < 4.78 is 51.1. The summed E-state index contributed by atoms with van der Waals surface area (Å²) in [4.78, 5) is 11.9. The summed E-state index contributed by atoms with van der Waals surface area (Å²) >= 11 is 3.10. The van der Waals surface area contributed by atoms with Crippen LogP contribution in [-0.2, 0) is 6.54 Å². The zero-order chi connectivity index (χ0) is 15.6. The smallest absolute Gasteiger partial charge is 0.319 e. The van der Waals surface area contributed by atoms with Crippen LogP contribution in [-0.4, -0.2) is 21.9 Å². The summed E-state index contributed by atoms with van der Waals surface area (Å²) in [5.41, 5.74) is -0.184. The van der Waals surface area contributed by atoms with Crippen molar-refractivity contribution in [1.82, 2.24) is 9.78 Å². The predicted molar refractivity (Wildman–Crippen MR) is 70.3 cm³/mol. The summed E-state index contributed by atoms with van der Waals surface area (Å²) in [6, 6.07) is 3.80. The molecule has 0 aliphatic heterocycles. The molecule has 21 heavy (non-hydrogen) atoms. The largest absolute Gasteiger partial charge is 0.408 e. The Morgan fingerprint density at radius 1 is 1.38 bits per heavy atom. The van der Waals surface area contributed by atoms with Crippen molar-refractivity contribution in [2.24, 2.45) is 0 Å². The molecular formula is C12H8BrF4N3O. The minimum Gasteiger partial charge on any atom is -0.319 e. The molecule has 0 aliphatic rings. The molecule has 2 aromatic rings. The van der Waals surface area contributed by atoms with Crippen molar-refractivity contribution < 1.29 is 22.4 Å². The van der Waals surface area contributed by atoms with Crippen molar-refractivity contribution in [2.45, 2.75) is 12.7 Å². The minimum absolute atomic E-state index is 0.0450. The zero-order valence-corrected chi connectivity index (χ0v) is 11.9. The number of hydrogen-bond donors (Lipinski definition) is 1. The molecule has 0 atom stereocenters. The number of halogens is 5. The number of rotatable bonds is 3. The molecule has 0 fully saturated rings. The molecule has 0 spiro atoms. The van der Waals surface area contributed by atoms with Crippen LogP contribution in [0.3, 0.4) is 0 Å². The Bertz CT molecular complexity index is 669. The Hall–Kier alpha value is -1.90. The van der Waals surface area contributed by atoms with E-state index in [1.54, 1.807) is 0 Å².